The van der Waals surface area contributed by atoms with E-state index in [1.54, 1.807) is 0 Å². The zero-order valence-electron chi connectivity index (χ0n) is 12.7. The van der Waals surface area contributed by atoms with E-state index in [0.29, 0.717) is 5.95 Å². The zero-order valence-corrected chi connectivity index (χ0v) is 12.7. The largest absolute Gasteiger partial charge is 0.370 e. The van der Waals surface area contributed by atoms with E-state index in [1.807, 2.05) is 6.07 Å². The third-order valence-corrected chi connectivity index (χ3v) is 4.13. The van der Waals surface area contributed by atoms with E-state index in [9.17, 15) is 0 Å². The molecule has 5 nitrogen and oxygen atoms in total. The summed E-state index contributed by atoms with van der Waals surface area (Å²) in [5.41, 5.74) is 5.76. The lowest BCUT2D eigenvalue weighted by molar-refractivity contribution is 0.268. The van der Waals surface area contributed by atoms with Crippen LogP contribution in [0.1, 0.15) is 46.0 Å². The van der Waals surface area contributed by atoms with Crippen LogP contribution in [0.4, 0.5) is 17.6 Å². The molecule has 112 valence electrons. The second-order valence-electron chi connectivity index (χ2n) is 5.83. The fraction of sp³-hybridized carbons (Fsp3) is 0.733. The highest BCUT2D eigenvalue weighted by atomic mass is 15.1. The van der Waals surface area contributed by atoms with E-state index in [-0.39, 0.29) is 0 Å². The van der Waals surface area contributed by atoms with Gasteiger partial charge in [0.05, 0.1) is 0 Å². The molecule has 4 N–H and O–H groups in total. The monoisotopic (exact) mass is 277 g/mol. The number of nitrogens with two attached hydrogens (primary N) is 1. The van der Waals surface area contributed by atoms with Crippen molar-refractivity contribution in [1.82, 2.24) is 9.97 Å². The van der Waals surface area contributed by atoms with Gasteiger partial charge in [-0.2, -0.15) is 9.97 Å². The normalized spacial score (nSPS) is 22.5. The quantitative estimate of drug-likeness (QED) is 0.745. The summed E-state index contributed by atoms with van der Waals surface area (Å²) >= 11 is 0. The summed E-state index contributed by atoms with van der Waals surface area (Å²) in [4.78, 5) is 8.46. The molecule has 1 aliphatic rings. The Morgan fingerprint density at radius 1 is 1.20 bits per heavy atom. The Bertz CT molecular complexity index is 421. The first kappa shape index (κ1) is 14.9. The second kappa shape index (κ2) is 7.31. The summed E-state index contributed by atoms with van der Waals surface area (Å²) < 4.78 is 0. The lowest BCUT2D eigenvalue weighted by atomic mass is 9.80. The van der Waals surface area contributed by atoms with Crippen molar-refractivity contribution in [3.63, 3.8) is 0 Å². The van der Waals surface area contributed by atoms with Gasteiger partial charge in [0.15, 0.2) is 0 Å². The molecular formula is C15H27N5. The van der Waals surface area contributed by atoms with Crippen LogP contribution in [0, 0.1) is 11.8 Å². The lowest BCUT2D eigenvalue weighted by Gasteiger charge is -2.29. The molecular weight excluding hydrogens is 250 g/mol. The maximum atomic E-state index is 5.76. The number of rotatable bonds is 6. The van der Waals surface area contributed by atoms with Gasteiger partial charge in [-0.1, -0.05) is 33.1 Å². The molecule has 2 rings (SSSR count). The molecule has 1 heterocycles. The summed E-state index contributed by atoms with van der Waals surface area (Å²) in [7, 11) is 0. The maximum Gasteiger partial charge on any atom is 0.223 e. The standard InChI is InChI=1S/C15H27N5/c1-3-8-17-13-9-14(20-15(16)19-13)18-10-12-7-5-4-6-11(12)2/h9,11-12H,3-8,10H2,1-2H3,(H4,16,17,18,19,20). The Morgan fingerprint density at radius 2 is 1.90 bits per heavy atom. The zero-order chi connectivity index (χ0) is 14.4. The van der Waals surface area contributed by atoms with Crippen molar-refractivity contribution in [3.8, 4) is 0 Å². The van der Waals surface area contributed by atoms with Crippen LogP contribution in [0.2, 0.25) is 0 Å². The molecule has 0 saturated heterocycles. The maximum absolute atomic E-state index is 5.76. The van der Waals surface area contributed by atoms with Crippen LogP contribution in [-0.2, 0) is 0 Å². The van der Waals surface area contributed by atoms with Crippen LogP contribution in [0.25, 0.3) is 0 Å². The minimum atomic E-state index is 0.324. The molecule has 0 radical (unpaired) electrons. The predicted octanol–water partition coefficient (Wildman–Crippen LogP) is 3.12. The SMILES string of the molecule is CCCNc1cc(NCC2CCCCC2C)nc(N)n1. The molecule has 5 heteroatoms. The van der Waals surface area contributed by atoms with Crippen molar-refractivity contribution in [1.29, 1.82) is 0 Å². The van der Waals surface area contributed by atoms with Gasteiger partial charge in [-0.05, 0) is 24.7 Å². The highest BCUT2D eigenvalue weighted by Gasteiger charge is 2.21. The molecule has 0 amide bonds. The van der Waals surface area contributed by atoms with Gasteiger partial charge < -0.3 is 16.4 Å². The highest BCUT2D eigenvalue weighted by Crippen LogP contribution is 2.29. The fourth-order valence-corrected chi connectivity index (χ4v) is 2.83. The van der Waals surface area contributed by atoms with Crippen LogP contribution < -0.4 is 16.4 Å². The summed E-state index contributed by atoms with van der Waals surface area (Å²) in [5.74, 6) is 3.50. The predicted molar refractivity (Wildman–Crippen MR) is 84.8 cm³/mol. The topological polar surface area (TPSA) is 75.9 Å². The molecule has 2 unspecified atom stereocenters. The lowest BCUT2D eigenvalue weighted by Crippen LogP contribution is -2.24. The molecule has 0 bridgehead atoms. The van der Waals surface area contributed by atoms with Crippen molar-refractivity contribution in [2.24, 2.45) is 11.8 Å². The van der Waals surface area contributed by atoms with Gasteiger partial charge >= 0.3 is 0 Å². The molecule has 1 aromatic heterocycles. The molecule has 1 fully saturated rings. The van der Waals surface area contributed by atoms with E-state index in [4.69, 9.17) is 5.73 Å². The first-order valence-corrected chi connectivity index (χ1v) is 7.81. The Hall–Kier alpha value is -1.52. The van der Waals surface area contributed by atoms with Gasteiger partial charge in [0, 0.05) is 19.2 Å². The van der Waals surface area contributed by atoms with Crippen molar-refractivity contribution in [2.75, 3.05) is 29.5 Å². The van der Waals surface area contributed by atoms with E-state index in [0.717, 1.165) is 43.0 Å². The molecule has 2 atom stereocenters. The van der Waals surface area contributed by atoms with Crippen LogP contribution in [0.3, 0.4) is 0 Å². The van der Waals surface area contributed by atoms with Crippen molar-refractivity contribution >= 4 is 17.6 Å². The molecule has 0 spiro atoms. The van der Waals surface area contributed by atoms with E-state index < -0.39 is 0 Å². The van der Waals surface area contributed by atoms with Gasteiger partial charge in [-0.3, -0.25) is 0 Å². The van der Waals surface area contributed by atoms with Crippen molar-refractivity contribution in [3.05, 3.63) is 6.07 Å². The average Bonchev–Trinajstić information content (AvgIpc) is 2.44. The Morgan fingerprint density at radius 3 is 2.60 bits per heavy atom. The number of hydrogen-bond donors (Lipinski definition) is 3. The summed E-state index contributed by atoms with van der Waals surface area (Å²) in [6.07, 6.45) is 6.46. The Kier molecular flexibility index (Phi) is 5.44. The number of nitrogens with zero attached hydrogens (tertiary/aromatic N) is 2. The number of anilines is 3. The van der Waals surface area contributed by atoms with Gasteiger partial charge in [-0.25, -0.2) is 0 Å². The average molecular weight is 277 g/mol. The third kappa shape index (κ3) is 4.25. The third-order valence-electron chi connectivity index (χ3n) is 4.13. The first-order valence-electron chi connectivity index (χ1n) is 7.81. The summed E-state index contributed by atoms with van der Waals surface area (Å²) in [5, 5.41) is 6.68. The van der Waals surface area contributed by atoms with E-state index >= 15 is 0 Å². The van der Waals surface area contributed by atoms with Crippen LogP contribution in [-0.4, -0.2) is 23.1 Å². The summed E-state index contributed by atoms with van der Waals surface area (Å²) in [6, 6.07) is 1.94. The molecule has 0 aliphatic heterocycles. The van der Waals surface area contributed by atoms with E-state index in [1.165, 1.54) is 25.7 Å². The Balaban J connectivity index is 1.92. The molecule has 20 heavy (non-hydrogen) atoms. The second-order valence-corrected chi connectivity index (χ2v) is 5.83. The number of nitrogen functional groups attached to an aromatic ring is 1. The minimum Gasteiger partial charge on any atom is -0.370 e. The van der Waals surface area contributed by atoms with Crippen molar-refractivity contribution in [2.45, 2.75) is 46.0 Å². The summed E-state index contributed by atoms with van der Waals surface area (Å²) in [6.45, 7) is 6.36. The van der Waals surface area contributed by atoms with Crippen LogP contribution in [0.5, 0.6) is 0 Å². The minimum absolute atomic E-state index is 0.324. The van der Waals surface area contributed by atoms with E-state index in [2.05, 4.69) is 34.4 Å². The smallest absolute Gasteiger partial charge is 0.223 e. The molecule has 1 aromatic rings. The molecule has 0 aromatic carbocycles. The van der Waals surface area contributed by atoms with Gasteiger partial charge in [-0.15, -0.1) is 0 Å². The van der Waals surface area contributed by atoms with Crippen molar-refractivity contribution < 1.29 is 0 Å². The number of nitrogens with one attached hydrogen (secondary N) is 2. The molecule has 1 saturated carbocycles. The fourth-order valence-electron chi connectivity index (χ4n) is 2.83. The highest BCUT2D eigenvalue weighted by molar-refractivity contribution is 5.50. The Labute approximate surface area is 121 Å². The van der Waals surface area contributed by atoms with Gasteiger partial charge in [0.2, 0.25) is 5.95 Å². The number of aromatic nitrogens is 2. The van der Waals surface area contributed by atoms with Gasteiger partial charge in [0.1, 0.15) is 11.6 Å². The first-order chi connectivity index (χ1) is 9.69. The molecule has 1 aliphatic carbocycles. The van der Waals surface area contributed by atoms with Gasteiger partial charge in [0.25, 0.3) is 0 Å². The van der Waals surface area contributed by atoms with Crippen LogP contribution in [0.15, 0.2) is 6.07 Å². The van der Waals surface area contributed by atoms with Crippen LogP contribution >= 0.6 is 0 Å². The number of hydrogen-bond acceptors (Lipinski definition) is 5.